The van der Waals surface area contributed by atoms with Crippen molar-refractivity contribution < 1.29 is 14.3 Å². The van der Waals surface area contributed by atoms with Crippen LogP contribution in [0.2, 0.25) is 0 Å². The summed E-state index contributed by atoms with van der Waals surface area (Å²) in [7, 11) is 3.84. The Morgan fingerprint density at radius 1 is 1.14 bits per heavy atom. The van der Waals surface area contributed by atoms with E-state index in [1.807, 2.05) is 31.1 Å². The minimum Gasteiger partial charge on any atom is -0.452 e. The van der Waals surface area contributed by atoms with Crippen LogP contribution in [0.5, 0.6) is 0 Å². The summed E-state index contributed by atoms with van der Waals surface area (Å²) in [6.45, 7) is 1.93. The Morgan fingerprint density at radius 2 is 1.75 bits per heavy atom. The van der Waals surface area contributed by atoms with Crippen LogP contribution in [0.1, 0.15) is 55.8 Å². The zero-order valence-corrected chi connectivity index (χ0v) is 17.2. The second kappa shape index (κ2) is 7.41. The highest BCUT2D eigenvalue weighted by molar-refractivity contribution is 5.92. The van der Waals surface area contributed by atoms with Crippen LogP contribution >= 0.6 is 0 Å². The van der Waals surface area contributed by atoms with E-state index in [0.29, 0.717) is 5.56 Å². The van der Waals surface area contributed by atoms with Gasteiger partial charge in [0, 0.05) is 25.8 Å². The lowest BCUT2D eigenvalue weighted by Crippen LogP contribution is -2.56. The molecule has 0 saturated heterocycles. The zero-order chi connectivity index (χ0) is 19.9. The fourth-order valence-electron chi connectivity index (χ4n) is 6.27. The molecule has 0 radical (unpaired) electrons. The Morgan fingerprint density at radius 3 is 2.32 bits per heavy atom. The summed E-state index contributed by atoms with van der Waals surface area (Å²) in [4.78, 5) is 26.7. The number of carbonyl (C=O) groups is 2. The fraction of sp³-hybridized carbons (Fsp3) is 0.652. The molecule has 1 aromatic rings. The van der Waals surface area contributed by atoms with Crippen LogP contribution in [-0.4, -0.2) is 38.6 Å². The number of esters is 1. The van der Waals surface area contributed by atoms with Crippen molar-refractivity contribution in [2.75, 3.05) is 25.6 Å². The van der Waals surface area contributed by atoms with Gasteiger partial charge in [0.1, 0.15) is 0 Å². The number of benzene rings is 1. The van der Waals surface area contributed by atoms with Crippen LogP contribution in [0.3, 0.4) is 0 Å². The Bertz CT molecular complexity index is 723. The van der Waals surface area contributed by atoms with Gasteiger partial charge < -0.3 is 15.0 Å². The van der Waals surface area contributed by atoms with Crippen LogP contribution in [0, 0.1) is 23.2 Å². The summed E-state index contributed by atoms with van der Waals surface area (Å²) >= 11 is 0. The number of hydrogen-bond donors (Lipinski definition) is 1. The highest BCUT2D eigenvalue weighted by Gasteiger charge is 2.53. The van der Waals surface area contributed by atoms with Crippen LogP contribution < -0.4 is 10.2 Å². The molecule has 5 heteroatoms. The number of hydrogen-bond acceptors (Lipinski definition) is 4. The standard InChI is InChI=1S/C23H32N2O3/c1-15(23-11-16-7-17(12-23)9-18(8-16)13-23)24-21(26)14-28-22(27)19-5-4-6-20(10-19)25(2)3/h4-6,10,15-18H,7-9,11-14H2,1-3H3,(H,24,26)/t15-,16?,17?,18?,23?/m1/s1. The Labute approximate surface area is 167 Å². The molecule has 4 aliphatic rings. The summed E-state index contributed by atoms with van der Waals surface area (Å²) in [5, 5.41) is 3.15. The molecule has 1 N–H and O–H groups in total. The van der Waals surface area contributed by atoms with Gasteiger partial charge in [0.05, 0.1) is 5.56 Å². The summed E-state index contributed by atoms with van der Waals surface area (Å²) in [6.07, 6.45) is 7.92. The molecule has 4 fully saturated rings. The average molecular weight is 385 g/mol. The number of nitrogens with zero attached hydrogens (tertiary/aromatic N) is 1. The highest BCUT2D eigenvalue weighted by atomic mass is 16.5. The average Bonchev–Trinajstić information content (AvgIpc) is 2.65. The largest absolute Gasteiger partial charge is 0.452 e. The smallest absolute Gasteiger partial charge is 0.338 e. The number of rotatable bonds is 6. The highest BCUT2D eigenvalue weighted by Crippen LogP contribution is 2.61. The number of anilines is 1. The van der Waals surface area contributed by atoms with Gasteiger partial charge in [-0.2, -0.15) is 0 Å². The van der Waals surface area contributed by atoms with E-state index in [1.165, 1.54) is 38.5 Å². The Balaban J connectivity index is 1.31. The van der Waals surface area contributed by atoms with Gasteiger partial charge in [0.2, 0.25) is 0 Å². The number of amides is 1. The number of carbonyl (C=O) groups excluding carboxylic acids is 2. The van der Waals surface area contributed by atoms with Gasteiger partial charge in [-0.3, -0.25) is 4.79 Å². The third-order valence-electron chi connectivity index (χ3n) is 7.31. The van der Waals surface area contributed by atoms with E-state index < -0.39 is 5.97 Å². The minimum atomic E-state index is -0.457. The van der Waals surface area contributed by atoms with Crippen LogP contribution in [0.15, 0.2) is 24.3 Å². The van der Waals surface area contributed by atoms with Crippen molar-refractivity contribution in [1.29, 1.82) is 0 Å². The van der Waals surface area contributed by atoms with E-state index in [-0.39, 0.29) is 24.0 Å². The van der Waals surface area contributed by atoms with Crippen molar-refractivity contribution in [3.05, 3.63) is 29.8 Å². The molecule has 0 heterocycles. The monoisotopic (exact) mass is 384 g/mol. The van der Waals surface area contributed by atoms with E-state index in [4.69, 9.17) is 4.74 Å². The molecule has 5 rings (SSSR count). The lowest BCUT2D eigenvalue weighted by molar-refractivity contribution is -0.128. The first-order valence-electron chi connectivity index (χ1n) is 10.6. The fourth-order valence-corrected chi connectivity index (χ4v) is 6.27. The molecule has 1 amide bonds. The first kappa shape index (κ1) is 19.3. The number of nitrogens with one attached hydrogen (secondary N) is 1. The normalized spacial score (nSPS) is 31.3. The van der Waals surface area contributed by atoms with Crippen molar-refractivity contribution in [3.8, 4) is 0 Å². The van der Waals surface area contributed by atoms with Gasteiger partial charge in [0.25, 0.3) is 5.91 Å². The SMILES string of the molecule is C[C@@H](NC(=O)COC(=O)c1cccc(N(C)C)c1)C12CC3CC(CC(C3)C1)C2. The van der Waals surface area contributed by atoms with E-state index in [1.54, 1.807) is 12.1 Å². The predicted molar refractivity (Wildman–Crippen MR) is 109 cm³/mol. The molecule has 0 unspecified atom stereocenters. The second-order valence-corrected chi connectivity index (χ2v) is 9.59. The summed E-state index contributed by atoms with van der Waals surface area (Å²) in [5.41, 5.74) is 1.65. The quantitative estimate of drug-likeness (QED) is 0.761. The van der Waals surface area contributed by atoms with Gasteiger partial charge >= 0.3 is 5.97 Å². The van der Waals surface area contributed by atoms with E-state index in [2.05, 4.69) is 12.2 Å². The van der Waals surface area contributed by atoms with Crippen LogP contribution in [0.25, 0.3) is 0 Å². The van der Waals surface area contributed by atoms with Gasteiger partial charge in [-0.05, 0) is 86.8 Å². The topological polar surface area (TPSA) is 58.6 Å². The maximum Gasteiger partial charge on any atom is 0.338 e. The van der Waals surface area contributed by atoms with Crippen LogP contribution in [-0.2, 0) is 9.53 Å². The minimum absolute atomic E-state index is 0.143. The summed E-state index contributed by atoms with van der Waals surface area (Å²) < 4.78 is 5.27. The molecule has 152 valence electrons. The van der Waals surface area contributed by atoms with Gasteiger partial charge in [0.15, 0.2) is 6.61 Å². The molecular weight excluding hydrogens is 352 g/mol. The molecule has 5 nitrogen and oxygen atoms in total. The second-order valence-electron chi connectivity index (χ2n) is 9.59. The third kappa shape index (κ3) is 3.76. The first-order chi connectivity index (χ1) is 13.3. The van der Waals surface area contributed by atoms with Crippen molar-refractivity contribution >= 4 is 17.6 Å². The maximum absolute atomic E-state index is 12.5. The molecule has 4 aliphatic carbocycles. The summed E-state index contributed by atoms with van der Waals surface area (Å²) in [6, 6.07) is 7.38. The van der Waals surface area contributed by atoms with E-state index in [9.17, 15) is 9.59 Å². The van der Waals surface area contributed by atoms with Crippen molar-refractivity contribution in [3.63, 3.8) is 0 Å². The van der Waals surface area contributed by atoms with Crippen molar-refractivity contribution in [2.24, 2.45) is 23.2 Å². The van der Waals surface area contributed by atoms with Crippen LogP contribution in [0.4, 0.5) is 5.69 Å². The molecule has 4 saturated carbocycles. The molecule has 0 aliphatic heterocycles. The molecule has 0 aromatic heterocycles. The lowest BCUT2D eigenvalue weighted by Gasteiger charge is -2.59. The van der Waals surface area contributed by atoms with Gasteiger partial charge in [-0.25, -0.2) is 4.79 Å². The summed E-state index contributed by atoms with van der Waals surface area (Å²) in [5.74, 6) is 1.91. The molecule has 1 atom stereocenters. The van der Waals surface area contributed by atoms with Crippen molar-refractivity contribution in [2.45, 2.75) is 51.5 Å². The van der Waals surface area contributed by atoms with E-state index >= 15 is 0 Å². The van der Waals surface area contributed by atoms with Gasteiger partial charge in [-0.1, -0.05) is 6.07 Å². The lowest BCUT2D eigenvalue weighted by atomic mass is 9.48. The van der Waals surface area contributed by atoms with Crippen molar-refractivity contribution in [1.82, 2.24) is 5.32 Å². The Kier molecular flexibility index (Phi) is 5.11. The molecular formula is C23H32N2O3. The predicted octanol–water partition coefficient (Wildman–Crippen LogP) is 3.63. The molecule has 28 heavy (non-hydrogen) atoms. The Hall–Kier alpha value is -2.04. The van der Waals surface area contributed by atoms with E-state index in [0.717, 1.165) is 23.4 Å². The maximum atomic E-state index is 12.5. The zero-order valence-electron chi connectivity index (χ0n) is 17.2. The molecule has 4 bridgehead atoms. The van der Waals surface area contributed by atoms with Gasteiger partial charge in [-0.15, -0.1) is 0 Å². The third-order valence-corrected chi connectivity index (χ3v) is 7.31. The molecule has 0 spiro atoms. The molecule has 1 aromatic carbocycles. The first-order valence-corrected chi connectivity index (χ1v) is 10.6. The number of ether oxygens (including phenoxy) is 1.